The zero-order chi connectivity index (χ0) is 14.1. The molecule has 2 N–H and O–H groups in total. The van der Waals surface area contributed by atoms with E-state index >= 15 is 0 Å². The fourth-order valence-corrected chi connectivity index (χ4v) is 2.68. The SMILES string of the molecule is Nc1cc(N2CCCc3ccccc32)ccc1[N+](=O)[O-]. The summed E-state index contributed by atoms with van der Waals surface area (Å²) in [5.74, 6) is 0. The van der Waals surface area contributed by atoms with Gasteiger partial charge >= 0.3 is 0 Å². The molecular formula is C15H15N3O2. The number of fused-ring (bicyclic) bond motifs is 1. The third kappa shape index (κ3) is 2.07. The Morgan fingerprint density at radius 2 is 2.00 bits per heavy atom. The Hall–Kier alpha value is -2.56. The minimum absolute atomic E-state index is 0.0426. The highest BCUT2D eigenvalue weighted by Gasteiger charge is 2.20. The molecule has 1 aliphatic heterocycles. The standard InChI is InChI=1S/C15H15N3O2/c16-13-10-12(7-8-15(13)18(19)20)17-9-3-5-11-4-1-2-6-14(11)17/h1-2,4,6-8,10H,3,5,9,16H2. The molecule has 0 spiro atoms. The maximum absolute atomic E-state index is 10.8. The summed E-state index contributed by atoms with van der Waals surface area (Å²) in [6.07, 6.45) is 2.13. The lowest BCUT2D eigenvalue weighted by Crippen LogP contribution is -2.24. The van der Waals surface area contributed by atoms with Crippen molar-refractivity contribution < 1.29 is 4.92 Å². The number of aryl methyl sites for hydroxylation is 1. The first-order valence-electron chi connectivity index (χ1n) is 6.56. The van der Waals surface area contributed by atoms with Gasteiger partial charge in [0, 0.05) is 24.0 Å². The van der Waals surface area contributed by atoms with Gasteiger partial charge in [0.05, 0.1) is 4.92 Å². The van der Waals surface area contributed by atoms with E-state index in [0.717, 1.165) is 30.8 Å². The molecule has 0 amide bonds. The number of nitrogens with zero attached hydrogens (tertiary/aromatic N) is 2. The summed E-state index contributed by atoms with van der Waals surface area (Å²) in [4.78, 5) is 12.5. The number of hydrogen-bond donors (Lipinski definition) is 1. The summed E-state index contributed by atoms with van der Waals surface area (Å²) in [7, 11) is 0. The Labute approximate surface area is 116 Å². The first-order valence-corrected chi connectivity index (χ1v) is 6.56. The second kappa shape index (κ2) is 4.85. The van der Waals surface area contributed by atoms with E-state index in [9.17, 15) is 10.1 Å². The number of hydrogen-bond acceptors (Lipinski definition) is 4. The van der Waals surface area contributed by atoms with E-state index in [-0.39, 0.29) is 11.4 Å². The van der Waals surface area contributed by atoms with Crippen LogP contribution in [-0.2, 0) is 6.42 Å². The summed E-state index contributed by atoms with van der Waals surface area (Å²) in [5, 5.41) is 10.8. The van der Waals surface area contributed by atoms with Gasteiger partial charge < -0.3 is 10.6 Å². The van der Waals surface area contributed by atoms with E-state index in [4.69, 9.17) is 5.73 Å². The summed E-state index contributed by atoms with van der Waals surface area (Å²) in [5.41, 5.74) is 9.31. The molecule has 0 aromatic heterocycles. The molecule has 3 rings (SSSR count). The molecule has 20 heavy (non-hydrogen) atoms. The molecule has 1 aliphatic rings. The molecule has 0 saturated carbocycles. The van der Waals surface area contributed by atoms with Gasteiger partial charge in [-0.25, -0.2) is 0 Å². The molecule has 0 radical (unpaired) electrons. The van der Waals surface area contributed by atoms with Crippen molar-refractivity contribution in [2.24, 2.45) is 0 Å². The summed E-state index contributed by atoms with van der Waals surface area (Å²) in [6, 6.07) is 13.2. The average molecular weight is 269 g/mol. The highest BCUT2D eigenvalue weighted by atomic mass is 16.6. The van der Waals surface area contributed by atoms with Crippen molar-refractivity contribution in [1.29, 1.82) is 0 Å². The van der Waals surface area contributed by atoms with E-state index in [0.29, 0.717) is 0 Å². The van der Waals surface area contributed by atoms with E-state index < -0.39 is 4.92 Å². The number of nitrogens with two attached hydrogens (primary N) is 1. The van der Waals surface area contributed by atoms with Crippen molar-refractivity contribution in [3.8, 4) is 0 Å². The van der Waals surface area contributed by atoms with Crippen molar-refractivity contribution in [3.05, 3.63) is 58.1 Å². The lowest BCUT2D eigenvalue weighted by atomic mass is 10.0. The number of benzene rings is 2. The molecule has 0 aliphatic carbocycles. The van der Waals surface area contributed by atoms with Crippen LogP contribution in [0, 0.1) is 10.1 Å². The largest absolute Gasteiger partial charge is 0.393 e. The van der Waals surface area contributed by atoms with Gasteiger partial charge in [0.25, 0.3) is 5.69 Å². The van der Waals surface area contributed by atoms with Gasteiger partial charge in [-0.1, -0.05) is 18.2 Å². The van der Waals surface area contributed by atoms with Gasteiger partial charge in [0.2, 0.25) is 0 Å². The smallest absolute Gasteiger partial charge is 0.292 e. The van der Waals surface area contributed by atoms with Crippen LogP contribution in [0.25, 0.3) is 0 Å². The molecule has 5 nitrogen and oxygen atoms in total. The maximum Gasteiger partial charge on any atom is 0.292 e. The van der Waals surface area contributed by atoms with Crippen LogP contribution in [0.3, 0.4) is 0 Å². The number of nitrogen functional groups attached to an aromatic ring is 1. The molecule has 0 bridgehead atoms. The molecule has 2 aromatic rings. The molecule has 5 heteroatoms. The third-order valence-corrected chi connectivity index (χ3v) is 3.63. The second-order valence-electron chi connectivity index (χ2n) is 4.88. The lowest BCUT2D eigenvalue weighted by molar-refractivity contribution is -0.383. The predicted octanol–water partition coefficient (Wildman–Crippen LogP) is 3.26. The van der Waals surface area contributed by atoms with E-state index in [1.165, 1.54) is 11.6 Å². The minimum Gasteiger partial charge on any atom is -0.393 e. The van der Waals surface area contributed by atoms with Gasteiger partial charge in [-0.05, 0) is 36.6 Å². The second-order valence-corrected chi connectivity index (χ2v) is 4.88. The van der Waals surface area contributed by atoms with Crippen molar-refractivity contribution >= 4 is 22.7 Å². The first-order chi connectivity index (χ1) is 9.66. The molecule has 0 fully saturated rings. The number of anilines is 3. The van der Waals surface area contributed by atoms with Gasteiger partial charge in [0.15, 0.2) is 0 Å². The number of nitro groups is 1. The van der Waals surface area contributed by atoms with Crippen LogP contribution in [0.2, 0.25) is 0 Å². The van der Waals surface area contributed by atoms with Crippen LogP contribution in [0.5, 0.6) is 0 Å². The van der Waals surface area contributed by atoms with E-state index in [2.05, 4.69) is 17.0 Å². The number of rotatable bonds is 2. The molecule has 0 saturated heterocycles. The number of para-hydroxylation sites is 1. The Kier molecular flexibility index (Phi) is 3.02. The van der Waals surface area contributed by atoms with Gasteiger partial charge in [-0.2, -0.15) is 0 Å². The van der Waals surface area contributed by atoms with Crippen LogP contribution in [0.15, 0.2) is 42.5 Å². The normalized spacial score (nSPS) is 13.9. The zero-order valence-electron chi connectivity index (χ0n) is 11.0. The van der Waals surface area contributed by atoms with Gasteiger partial charge in [0.1, 0.15) is 5.69 Å². The molecule has 1 heterocycles. The van der Waals surface area contributed by atoms with Crippen LogP contribution in [0.4, 0.5) is 22.7 Å². The highest BCUT2D eigenvalue weighted by Crippen LogP contribution is 2.35. The first kappa shape index (κ1) is 12.5. The summed E-state index contributed by atoms with van der Waals surface area (Å²) >= 11 is 0. The minimum atomic E-state index is -0.455. The Morgan fingerprint density at radius 3 is 2.75 bits per heavy atom. The summed E-state index contributed by atoms with van der Waals surface area (Å²) in [6.45, 7) is 0.897. The Morgan fingerprint density at radius 1 is 1.20 bits per heavy atom. The Balaban J connectivity index is 2.03. The van der Waals surface area contributed by atoms with E-state index in [1.54, 1.807) is 12.1 Å². The van der Waals surface area contributed by atoms with Crippen molar-refractivity contribution in [2.75, 3.05) is 17.2 Å². The molecule has 2 aromatic carbocycles. The quantitative estimate of drug-likeness (QED) is 0.516. The van der Waals surface area contributed by atoms with Crippen LogP contribution in [-0.4, -0.2) is 11.5 Å². The zero-order valence-corrected chi connectivity index (χ0v) is 11.0. The van der Waals surface area contributed by atoms with Crippen LogP contribution in [0.1, 0.15) is 12.0 Å². The summed E-state index contributed by atoms with van der Waals surface area (Å²) < 4.78 is 0. The predicted molar refractivity (Wildman–Crippen MR) is 79.3 cm³/mol. The van der Waals surface area contributed by atoms with E-state index in [1.807, 2.05) is 12.1 Å². The highest BCUT2D eigenvalue weighted by molar-refractivity contribution is 5.73. The van der Waals surface area contributed by atoms with Crippen LogP contribution < -0.4 is 10.6 Å². The van der Waals surface area contributed by atoms with Crippen molar-refractivity contribution in [3.63, 3.8) is 0 Å². The molecular weight excluding hydrogens is 254 g/mol. The molecule has 0 atom stereocenters. The fourth-order valence-electron chi connectivity index (χ4n) is 2.68. The fraction of sp³-hybridized carbons (Fsp3) is 0.200. The number of nitro benzene ring substituents is 1. The monoisotopic (exact) mass is 269 g/mol. The Bertz CT molecular complexity index is 670. The third-order valence-electron chi connectivity index (χ3n) is 3.63. The van der Waals surface area contributed by atoms with Gasteiger partial charge in [-0.15, -0.1) is 0 Å². The van der Waals surface area contributed by atoms with Crippen molar-refractivity contribution in [2.45, 2.75) is 12.8 Å². The topological polar surface area (TPSA) is 72.4 Å². The molecule has 102 valence electrons. The maximum atomic E-state index is 10.8. The average Bonchev–Trinajstić information content (AvgIpc) is 2.46. The van der Waals surface area contributed by atoms with Crippen molar-refractivity contribution in [1.82, 2.24) is 0 Å². The molecule has 0 unspecified atom stereocenters. The lowest BCUT2D eigenvalue weighted by Gasteiger charge is -2.31. The van der Waals surface area contributed by atoms with Gasteiger partial charge in [-0.3, -0.25) is 10.1 Å². The van der Waals surface area contributed by atoms with Crippen LogP contribution >= 0.6 is 0 Å².